The Morgan fingerprint density at radius 1 is 1.53 bits per heavy atom. The monoisotopic (exact) mass is 210 g/mol. The van der Waals surface area contributed by atoms with Crippen LogP contribution >= 0.6 is 0 Å². The van der Waals surface area contributed by atoms with Crippen molar-refractivity contribution in [1.82, 2.24) is 14.7 Å². The Morgan fingerprint density at radius 3 is 2.67 bits per heavy atom. The lowest BCUT2D eigenvalue weighted by molar-refractivity contribution is 0.208. The lowest BCUT2D eigenvalue weighted by atomic mass is 9.93. The number of aryl methyl sites for hydroxylation is 1. The maximum Gasteiger partial charge on any atom is 0.0764 e. The molecule has 0 saturated carbocycles. The van der Waals surface area contributed by atoms with E-state index in [0.717, 1.165) is 18.8 Å². The smallest absolute Gasteiger partial charge is 0.0764 e. The van der Waals surface area contributed by atoms with Crippen molar-refractivity contribution in [3.8, 4) is 0 Å². The lowest BCUT2D eigenvalue weighted by Gasteiger charge is -2.28. The average molecular weight is 210 g/mol. The molecule has 0 saturated heterocycles. The molecular formula is C11H22N4. The fourth-order valence-corrected chi connectivity index (χ4v) is 1.68. The van der Waals surface area contributed by atoms with Gasteiger partial charge in [-0.25, -0.2) is 0 Å². The van der Waals surface area contributed by atoms with E-state index in [9.17, 15) is 0 Å². The minimum Gasteiger partial charge on any atom is -0.330 e. The fourth-order valence-electron chi connectivity index (χ4n) is 1.68. The van der Waals surface area contributed by atoms with Gasteiger partial charge in [0.05, 0.1) is 5.69 Å². The van der Waals surface area contributed by atoms with E-state index in [1.165, 1.54) is 0 Å². The molecule has 0 bridgehead atoms. The summed E-state index contributed by atoms with van der Waals surface area (Å²) in [4.78, 5) is 2.26. The van der Waals surface area contributed by atoms with Gasteiger partial charge in [0.25, 0.3) is 0 Å². The normalized spacial score (nSPS) is 12.4. The molecule has 0 aliphatic heterocycles. The van der Waals surface area contributed by atoms with Gasteiger partial charge in [0.15, 0.2) is 0 Å². The van der Waals surface area contributed by atoms with E-state index < -0.39 is 0 Å². The van der Waals surface area contributed by atoms with E-state index >= 15 is 0 Å². The maximum absolute atomic E-state index is 5.71. The molecule has 0 aliphatic rings. The van der Waals surface area contributed by atoms with Gasteiger partial charge >= 0.3 is 0 Å². The Morgan fingerprint density at radius 2 is 2.20 bits per heavy atom. The van der Waals surface area contributed by atoms with Gasteiger partial charge in [0.2, 0.25) is 0 Å². The first-order valence-electron chi connectivity index (χ1n) is 5.30. The number of aromatic nitrogens is 2. The highest BCUT2D eigenvalue weighted by molar-refractivity contribution is 4.98. The zero-order valence-electron chi connectivity index (χ0n) is 10.2. The SMILES string of the molecule is CN(Cc1ccn(C)n1)CC(C)(C)CN. The first kappa shape index (κ1) is 12.2. The molecule has 4 nitrogen and oxygen atoms in total. The largest absolute Gasteiger partial charge is 0.330 e. The van der Waals surface area contributed by atoms with E-state index in [-0.39, 0.29) is 5.41 Å². The summed E-state index contributed by atoms with van der Waals surface area (Å²) in [6.45, 7) is 6.94. The van der Waals surface area contributed by atoms with Crippen LogP contribution in [0, 0.1) is 5.41 Å². The van der Waals surface area contributed by atoms with Crippen LogP contribution in [0.3, 0.4) is 0 Å². The van der Waals surface area contributed by atoms with Crippen LogP contribution in [0.1, 0.15) is 19.5 Å². The second kappa shape index (κ2) is 4.77. The van der Waals surface area contributed by atoms with E-state index in [2.05, 4.69) is 30.9 Å². The first-order chi connectivity index (χ1) is 6.93. The number of hydrogen-bond donors (Lipinski definition) is 1. The van der Waals surface area contributed by atoms with Crippen molar-refractivity contribution in [2.45, 2.75) is 20.4 Å². The Hall–Kier alpha value is -0.870. The van der Waals surface area contributed by atoms with Crippen molar-refractivity contribution in [3.05, 3.63) is 18.0 Å². The van der Waals surface area contributed by atoms with E-state index in [1.807, 2.05) is 24.0 Å². The van der Waals surface area contributed by atoms with Crippen molar-refractivity contribution in [1.29, 1.82) is 0 Å². The van der Waals surface area contributed by atoms with Crippen molar-refractivity contribution < 1.29 is 0 Å². The van der Waals surface area contributed by atoms with Crippen LogP contribution in [0.2, 0.25) is 0 Å². The molecule has 1 rings (SSSR count). The minimum atomic E-state index is 0.170. The zero-order chi connectivity index (χ0) is 11.5. The fraction of sp³-hybridized carbons (Fsp3) is 0.727. The molecule has 86 valence electrons. The third kappa shape index (κ3) is 4.01. The number of nitrogens with zero attached hydrogens (tertiary/aromatic N) is 3. The molecule has 0 aliphatic carbocycles. The average Bonchev–Trinajstić information content (AvgIpc) is 2.50. The molecule has 4 heteroatoms. The van der Waals surface area contributed by atoms with E-state index in [1.54, 1.807) is 0 Å². The van der Waals surface area contributed by atoms with Gasteiger partial charge in [-0.2, -0.15) is 5.10 Å². The molecule has 2 N–H and O–H groups in total. The highest BCUT2D eigenvalue weighted by atomic mass is 15.3. The molecule has 0 amide bonds. The van der Waals surface area contributed by atoms with Gasteiger partial charge in [-0.3, -0.25) is 9.58 Å². The highest BCUT2D eigenvalue weighted by Gasteiger charge is 2.18. The van der Waals surface area contributed by atoms with Crippen LogP contribution in [0.15, 0.2) is 12.3 Å². The van der Waals surface area contributed by atoms with E-state index in [0.29, 0.717) is 6.54 Å². The predicted octanol–water partition coefficient (Wildman–Crippen LogP) is 0.837. The van der Waals surface area contributed by atoms with Gasteiger partial charge in [-0.05, 0) is 25.1 Å². The van der Waals surface area contributed by atoms with Crippen LogP contribution in [-0.4, -0.2) is 34.8 Å². The molecule has 0 atom stereocenters. The minimum absolute atomic E-state index is 0.170. The summed E-state index contributed by atoms with van der Waals surface area (Å²) in [6.07, 6.45) is 1.97. The molecule has 1 aromatic rings. The predicted molar refractivity (Wildman–Crippen MR) is 62.4 cm³/mol. The Kier molecular flexibility index (Phi) is 3.88. The molecule has 0 aromatic carbocycles. The second-order valence-corrected chi connectivity index (χ2v) is 5.02. The summed E-state index contributed by atoms with van der Waals surface area (Å²) in [5.74, 6) is 0. The van der Waals surface area contributed by atoms with Crippen molar-refractivity contribution in [3.63, 3.8) is 0 Å². The Bertz CT molecular complexity index is 303. The molecule has 15 heavy (non-hydrogen) atoms. The van der Waals surface area contributed by atoms with Crippen LogP contribution in [0.5, 0.6) is 0 Å². The topological polar surface area (TPSA) is 47.1 Å². The van der Waals surface area contributed by atoms with Crippen LogP contribution < -0.4 is 5.73 Å². The second-order valence-electron chi connectivity index (χ2n) is 5.02. The summed E-state index contributed by atoms with van der Waals surface area (Å²) in [5, 5.41) is 4.35. The van der Waals surface area contributed by atoms with Crippen molar-refractivity contribution in [2.75, 3.05) is 20.1 Å². The van der Waals surface area contributed by atoms with Gasteiger partial charge in [-0.1, -0.05) is 13.8 Å². The Labute approximate surface area is 92.1 Å². The summed E-state index contributed by atoms with van der Waals surface area (Å²) in [7, 11) is 4.04. The van der Waals surface area contributed by atoms with Crippen LogP contribution in [0.4, 0.5) is 0 Å². The quantitative estimate of drug-likeness (QED) is 0.783. The number of hydrogen-bond acceptors (Lipinski definition) is 3. The van der Waals surface area contributed by atoms with Crippen LogP contribution in [-0.2, 0) is 13.6 Å². The molecule has 0 radical (unpaired) electrons. The summed E-state index contributed by atoms with van der Waals surface area (Å²) in [6, 6.07) is 2.05. The van der Waals surface area contributed by atoms with Crippen molar-refractivity contribution >= 4 is 0 Å². The Balaban J connectivity index is 2.46. The molecule has 0 spiro atoms. The van der Waals surface area contributed by atoms with E-state index in [4.69, 9.17) is 5.73 Å². The number of nitrogens with two attached hydrogens (primary N) is 1. The summed E-state index contributed by atoms with van der Waals surface area (Å²) < 4.78 is 1.83. The molecule has 1 heterocycles. The summed E-state index contributed by atoms with van der Waals surface area (Å²) in [5.41, 5.74) is 6.98. The summed E-state index contributed by atoms with van der Waals surface area (Å²) >= 11 is 0. The van der Waals surface area contributed by atoms with Gasteiger partial charge in [0.1, 0.15) is 0 Å². The molecular weight excluding hydrogens is 188 g/mol. The van der Waals surface area contributed by atoms with Crippen molar-refractivity contribution in [2.24, 2.45) is 18.2 Å². The first-order valence-corrected chi connectivity index (χ1v) is 5.30. The molecule has 0 unspecified atom stereocenters. The third-order valence-corrected chi connectivity index (χ3v) is 2.45. The number of rotatable bonds is 5. The van der Waals surface area contributed by atoms with Crippen LogP contribution in [0.25, 0.3) is 0 Å². The third-order valence-electron chi connectivity index (χ3n) is 2.45. The molecule has 0 fully saturated rings. The zero-order valence-corrected chi connectivity index (χ0v) is 10.2. The standard InChI is InChI=1S/C11H22N4/c1-11(2,8-12)9-14(3)7-10-5-6-15(4)13-10/h5-6H,7-9,12H2,1-4H3. The van der Waals surface area contributed by atoms with Gasteiger partial charge < -0.3 is 5.73 Å². The molecule has 1 aromatic heterocycles. The van der Waals surface area contributed by atoms with Gasteiger partial charge in [-0.15, -0.1) is 0 Å². The highest BCUT2D eigenvalue weighted by Crippen LogP contribution is 2.14. The lowest BCUT2D eigenvalue weighted by Crippen LogP contribution is -2.36. The van der Waals surface area contributed by atoms with Gasteiger partial charge in [0, 0.05) is 26.3 Å². The maximum atomic E-state index is 5.71.